The van der Waals surface area contributed by atoms with E-state index in [4.69, 9.17) is 10.5 Å². The molecule has 4 aromatic rings. The highest BCUT2D eigenvalue weighted by Crippen LogP contribution is 2.30. The Bertz CT molecular complexity index is 1410. The number of hydrogen-bond donors (Lipinski definition) is 2. The van der Waals surface area contributed by atoms with Gasteiger partial charge in [-0.15, -0.1) is 0 Å². The second-order valence-corrected chi connectivity index (χ2v) is 7.31. The molecule has 0 unspecified atom stereocenters. The molecular formula is C25H19F2N5O2. The Morgan fingerprint density at radius 3 is 2.59 bits per heavy atom. The van der Waals surface area contributed by atoms with Crippen molar-refractivity contribution in [2.45, 2.75) is 6.54 Å². The molecule has 0 radical (unpaired) electrons. The fraction of sp³-hybridized carbons (Fsp3) is 0.0800. The average Bonchev–Trinajstić information content (AvgIpc) is 3.20. The van der Waals surface area contributed by atoms with Gasteiger partial charge in [-0.1, -0.05) is 36.4 Å². The highest BCUT2D eigenvalue weighted by atomic mass is 19.1. The van der Waals surface area contributed by atoms with E-state index < -0.39 is 11.6 Å². The van der Waals surface area contributed by atoms with Crippen molar-refractivity contribution in [2.75, 3.05) is 12.8 Å². The van der Waals surface area contributed by atoms with Crippen molar-refractivity contribution in [2.24, 2.45) is 0 Å². The first kappa shape index (κ1) is 22.5. The smallest absolute Gasteiger partial charge is 0.255 e. The van der Waals surface area contributed by atoms with Crippen molar-refractivity contribution in [1.29, 1.82) is 5.26 Å². The molecule has 9 heteroatoms. The molecule has 4 rings (SSSR count). The Kier molecular flexibility index (Phi) is 6.23. The zero-order valence-electron chi connectivity index (χ0n) is 18.0. The number of nitrogens with two attached hydrogens (primary N) is 1. The number of ether oxygens (including phenoxy) is 1. The maximum atomic E-state index is 14.2. The minimum Gasteiger partial charge on any atom is -0.496 e. The number of carbonyl (C=O) groups is 1. The third-order valence-electron chi connectivity index (χ3n) is 5.20. The minimum absolute atomic E-state index is 0.0425. The number of hydrogen-bond acceptors (Lipinski definition) is 5. The molecule has 170 valence electrons. The molecule has 0 bridgehead atoms. The summed E-state index contributed by atoms with van der Waals surface area (Å²) in [4.78, 5) is 12.5. The van der Waals surface area contributed by atoms with E-state index in [9.17, 15) is 18.8 Å². The number of para-hydroxylation sites is 1. The van der Waals surface area contributed by atoms with Crippen molar-refractivity contribution in [3.63, 3.8) is 0 Å². The Morgan fingerprint density at radius 2 is 1.88 bits per heavy atom. The van der Waals surface area contributed by atoms with Crippen LogP contribution in [0.1, 0.15) is 21.5 Å². The lowest BCUT2D eigenvalue weighted by molar-refractivity contribution is 0.0948. The predicted molar refractivity (Wildman–Crippen MR) is 122 cm³/mol. The fourth-order valence-electron chi connectivity index (χ4n) is 3.47. The Balaban J connectivity index is 1.57. The molecule has 1 amide bonds. The van der Waals surface area contributed by atoms with E-state index in [1.807, 2.05) is 6.07 Å². The van der Waals surface area contributed by atoms with Crippen LogP contribution in [0.3, 0.4) is 0 Å². The summed E-state index contributed by atoms with van der Waals surface area (Å²) < 4.78 is 34.1. The molecule has 0 aliphatic heterocycles. The van der Waals surface area contributed by atoms with Crippen molar-refractivity contribution in [1.82, 2.24) is 15.1 Å². The lowest BCUT2D eigenvalue weighted by Crippen LogP contribution is -2.23. The molecule has 34 heavy (non-hydrogen) atoms. The molecule has 7 nitrogen and oxygen atoms in total. The van der Waals surface area contributed by atoms with Gasteiger partial charge in [-0.2, -0.15) is 10.4 Å². The number of carbonyl (C=O) groups excluding carboxylic acids is 1. The van der Waals surface area contributed by atoms with Crippen LogP contribution in [0, 0.1) is 23.0 Å². The van der Waals surface area contributed by atoms with Gasteiger partial charge in [0.05, 0.1) is 12.7 Å². The van der Waals surface area contributed by atoms with E-state index in [0.29, 0.717) is 16.9 Å². The van der Waals surface area contributed by atoms with E-state index in [-0.39, 0.29) is 35.2 Å². The van der Waals surface area contributed by atoms with Gasteiger partial charge in [0.1, 0.15) is 46.2 Å². The van der Waals surface area contributed by atoms with Crippen LogP contribution in [0.15, 0.2) is 66.7 Å². The summed E-state index contributed by atoms with van der Waals surface area (Å²) in [5.74, 6) is -1.30. The summed E-state index contributed by atoms with van der Waals surface area (Å²) in [5, 5.41) is 16.7. The SMILES string of the molecule is COc1ccccc1C(=O)NCc1ccc(-c2nn(-c3cc(F)ccc3F)c(N)c2C#N)cc1. The Labute approximate surface area is 194 Å². The minimum atomic E-state index is -0.729. The lowest BCUT2D eigenvalue weighted by atomic mass is 10.1. The highest BCUT2D eigenvalue weighted by molar-refractivity contribution is 5.96. The highest BCUT2D eigenvalue weighted by Gasteiger charge is 2.20. The quantitative estimate of drug-likeness (QED) is 0.449. The van der Waals surface area contributed by atoms with Crippen molar-refractivity contribution in [3.8, 4) is 28.8 Å². The van der Waals surface area contributed by atoms with Gasteiger partial charge < -0.3 is 15.8 Å². The molecule has 1 heterocycles. The van der Waals surface area contributed by atoms with Gasteiger partial charge >= 0.3 is 0 Å². The maximum Gasteiger partial charge on any atom is 0.255 e. The molecule has 0 aliphatic rings. The number of nitrogens with one attached hydrogen (secondary N) is 1. The molecule has 3 N–H and O–H groups in total. The molecule has 0 saturated heterocycles. The topological polar surface area (TPSA) is 106 Å². The second kappa shape index (κ2) is 9.42. The summed E-state index contributed by atoms with van der Waals surface area (Å²) in [6.07, 6.45) is 0. The molecule has 0 atom stereocenters. The first-order valence-electron chi connectivity index (χ1n) is 10.2. The number of anilines is 1. The van der Waals surface area contributed by atoms with Gasteiger partial charge in [-0.05, 0) is 29.8 Å². The number of nitrogens with zero attached hydrogens (tertiary/aromatic N) is 3. The summed E-state index contributed by atoms with van der Waals surface area (Å²) >= 11 is 0. The molecule has 1 aromatic heterocycles. The van der Waals surface area contributed by atoms with Gasteiger partial charge in [0.2, 0.25) is 0 Å². The van der Waals surface area contributed by atoms with E-state index >= 15 is 0 Å². The van der Waals surface area contributed by atoms with Gasteiger partial charge in [-0.25, -0.2) is 13.5 Å². The summed E-state index contributed by atoms with van der Waals surface area (Å²) in [6, 6.07) is 18.7. The standard InChI is InChI=1S/C25H19F2N5O2/c1-34-22-5-3-2-4-18(22)25(33)30-14-15-6-8-16(9-7-15)23-19(13-28)24(29)32(31-23)21-12-17(26)10-11-20(21)27/h2-12H,14,29H2,1H3,(H,30,33). The summed E-state index contributed by atoms with van der Waals surface area (Å²) in [5.41, 5.74) is 7.87. The maximum absolute atomic E-state index is 14.2. The van der Waals surface area contributed by atoms with Crippen molar-refractivity contribution < 1.29 is 18.3 Å². The normalized spacial score (nSPS) is 10.5. The second-order valence-electron chi connectivity index (χ2n) is 7.31. The number of rotatable bonds is 6. The third-order valence-corrected chi connectivity index (χ3v) is 5.20. The van der Waals surface area contributed by atoms with Crippen molar-refractivity contribution in [3.05, 3.63) is 95.1 Å². The molecule has 0 saturated carbocycles. The average molecular weight is 459 g/mol. The van der Waals surface area contributed by atoms with Gasteiger partial charge in [0.25, 0.3) is 5.91 Å². The van der Waals surface area contributed by atoms with Crippen molar-refractivity contribution >= 4 is 11.7 Å². The third kappa shape index (κ3) is 4.29. The van der Waals surface area contributed by atoms with Crippen LogP contribution in [0.5, 0.6) is 5.75 Å². The lowest BCUT2D eigenvalue weighted by Gasteiger charge is -2.09. The zero-order chi connectivity index (χ0) is 24.2. The van der Waals surface area contributed by atoms with Crippen LogP contribution < -0.4 is 15.8 Å². The van der Waals surface area contributed by atoms with Gasteiger partial charge in [0, 0.05) is 18.2 Å². The molecule has 0 spiro atoms. The monoisotopic (exact) mass is 459 g/mol. The number of methoxy groups -OCH3 is 1. The molecular weight excluding hydrogens is 440 g/mol. The Hall–Kier alpha value is -4.71. The fourth-order valence-corrected chi connectivity index (χ4v) is 3.47. The first-order chi connectivity index (χ1) is 16.4. The van der Waals surface area contributed by atoms with E-state index in [0.717, 1.165) is 28.4 Å². The van der Waals surface area contributed by atoms with Crippen LogP contribution in [-0.2, 0) is 6.54 Å². The van der Waals surface area contributed by atoms with Crippen LogP contribution in [0.25, 0.3) is 16.9 Å². The van der Waals surface area contributed by atoms with E-state index in [1.165, 1.54) is 7.11 Å². The molecule has 0 aliphatic carbocycles. The number of aromatic nitrogens is 2. The summed E-state index contributed by atoms with van der Waals surface area (Å²) in [7, 11) is 1.50. The van der Waals surface area contributed by atoms with Gasteiger partial charge in [0.15, 0.2) is 0 Å². The molecule has 0 fully saturated rings. The van der Waals surface area contributed by atoms with Gasteiger partial charge in [-0.3, -0.25) is 4.79 Å². The Morgan fingerprint density at radius 1 is 1.15 bits per heavy atom. The van der Waals surface area contributed by atoms with E-state index in [1.54, 1.807) is 48.5 Å². The first-order valence-corrected chi connectivity index (χ1v) is 10.2. The van der Waals surface area contributed by atoms with Crippen LogP contribution in [-0.4, -0.2) is 22.8 Å². The summed E-state index contributed by atoms with van der Waals surface area (Å²) in [6.45, 7) is 0.257. The van der Waals surface area contributed by atoms with Crippen LogP contribution in [0.2, 0.25) is 0 Å². The number of benzene rings is 3. The van der Waals surface area contributed by atoms with Crippen LogP contribution >= 0.6 is 0 Å². The number of nitrogen functional groups attached to an aromatic ring is 1. The zero-order valence-corrected chi connectivity index (χ0v) is 18.0. The number of halogens is 2. The number of amides is 1. The number of nitriles is 1. The molecule has 3 aromatic carbocycles. The predicted octanol–water partition coefficient (Wildman–Crippen LogP) is 4.21. The van der Waals surface area contributed by atoms with Crippen LogP contribution in [0.4, 0.5) is 14.6 Å². The largest absolute Gasteiger partial charge is 0.496 e. The van der Waals surface area contributed by atoms with E-state index in [2.05, 4.69) is 10.4 Å².